The Morgan fingerprint density at radius 2 is 1.50 bits per heavy atom. The lowest BCUT2D eigenvalue weighted by Gasteiger charge is -2.10. The molecule has 1 rings (SSSR count). The van der Waals surface area contributed by atoms with Crippen LogP contribution in [0.25, 0.3) is 0 Å². The highest BCUT2D eigenvalue weighted by atomic mass is 16.3. The van der Waals surface area contributed by atoms with Crippen LogP contribution in [0.2, 0.25) is 0 Å². The zero-order chi connectivity index (χ0) is 12.1. The average molecular weight is 218 g/mol. The molecule has 1 aromatic carbocycles. The van der Waals surface area contributed by atoms with Crippen LogP contribution >= 0.6 is 0 Å². The normalized spacial score (nSPS) is 9.75. The third-order valence-corrected chi connectivity index (χ3v) is 2.31. The zero-order valence-corrected chi connectivity index (χ0v) is 8.94. The molecule has 0 aliphatic carbocycles. The van der Waals surface area contributed by atoms with Crippen LogP contribution in [-0.4, -0.2) is 16.5 Å². The minimum atomic E-state index is -0.180. The molecular weight excluding hydrogens is 204 g/mol. The highest BCUT2D eigenvalue weighted by Crippen LogP contribution is 2.33. The van der Waals surface area contributed by atoms with E-state index in [0.29, 0.717) is 30.3 Å². The molecule has 0 bridgehead atoms. The van der Waals surface area contributed by atoms with Crippen molar-refractivity contribution in [3.63, 3.8) is 0 Å². The fourth-order valence-electron chi connectivity index (χ4n) is 1.54. The van der Waals surface area contributed by atoms with E-state index in [1.165, 1.54) is 0 Å². The van der Waals surface area contributed by atoms with Gasteiger partial charge in [-0.05, 0) is 30.0 Å². The molecule has 3 heteroatoms. The second kappa shape index (κ2) is 5.16. The number of benzene rings is 1. The van der Waals surface area contributed by atoms with Gasteiger partial charge in [0, 0.05) is 0 Å². The van der Waals surface area contributed by atoms with Crippen molar-refractivity contribution in [2.75, 3.05) is 0 Å². The van der Waals surface area contributed by atoms with Crippen LogP contribution < -0.4 is 0 Å². The smallest absolute Gasteiger partial charge is 0.157 e. The molecule has 0 radical (unpaired) electrons. The number of hydrogen-bond acceptors (Lipinski definition) is 3. The van der Waals surface area contributed by atoms with Gasteiger partial charge < -0.3 is 10.2 Å². The summed E-state index contributed by atoms with van der Waals surface area (Å²) >= 11 is 0. The van der Waals surface area contributed by atoms with E-state index in [9.17, 15) is 15.0 Å². The lowest BCUT2D eigenvalue weighted by atomic mass is 9.99. The Labute approximate surface area is 94.4 Å². The van der Waals surface area contributed by atoms with Crippen molar-refractivity contribution < 1.29 is 15.0 Å². The number of phenolic OH excluding ortho intramolecular Hbond substituents is 2. The monoisotopic (exact) mass is 218 g/mol. The van der Waals surface area contributed by atoms with E-state index in [2.05, 4.69) is 13.2 Å². The Kier molecular flexibility index (Phi) is 3.89. The topological polar surface area (TPSA) is 57.5 Å². The molecule has 3 nitrogen and oxygen atoms in total. The molecule has 0 aliphatic rings. The number of hydrogen-bond donors (Lipinski definition) is 2. The first-order valence-electron chi connectivity index (χ1n) is 4.89. The van der Waals surface area contributed by atoms with Gasteiger partial charge in [0.15, 0.2) is 6.29 Å². The van der Waals surface area contributed by atoms with Crippen LogP contribution in [0.3, 0.4) is 0 Å². The van der Waals surface area contributed by atoms with Crippen molar-refractivity contribution in [3.05, 3.63) is 48.1 Å². The highest BCUT2D eigenvalue weighted by molar-refractivity contribution is 5.85. The van der Waals surface area contributed by atoms with Crippen LogP contribution in [0.15, 0.2) is 31.4 Å². The molecule has 0 unspecified atom stereocenters. The SMILES string of the molecule is C=CCc1cc(CC=C)c(O)c(C=O)c1O. The molecule has 2 N–H and O–H groups in total. The van der Waals surface area contributed by atoms with Crippen molar-refractivity contribution in [1.82, 2.24) is 0 Å². The summed E-state index contributed by atoms with van der Waals surface area (Å²) in [6, 6.07) is 1.65. The maximum atomic E-state index is 10.8. The van der Waals surface area contributed by atoms with Crippen molar-refractivity contribution in [2.24, 2.45) is 0 Å². The molecule has 0 saturated carbocycles. The molecule has 16 heavy (non-hydrogen) atoms. The first kappa shape index (κ1) is 12.0. The number of aromatic hydroxyl groups is 2. The Balaban J connectivity index is 3.41. The third kappa shape index (κ3) is 2.14. The van der Waals surface area contributed by atoms with Gasteiger partial charge in [0.25, 0.3) is 0 Å². The van der Waals surface area contributed by atoms with Gasteiger partial charge in [0.2, 0.25) is 0 Å². The van der Waals surface area contributed by atoms with Gasteiger partial charge in [-0.2, -0.15) is 0 Å². The predicted octanol–water partition coefficient (Wildman–Crippen LogP) is 2.37. The van der Waals surface area contributed by atoms with Crippen LogP contribution in [-0.2, 0) is 12.8 Å². The fourth-order valence-corrected chi connectivity index (χ4v) is 1.54. The first-order chi connectivity index (χ1) is 7.65. The van der Waals surface area contributed by atoms with Crippen molar-refractivity contribution in [1.29, 1.82) is 0 Å². The standard InChI is InChI=1S/C13H14O3/c1-3-5-9-7-10(6-4-2)13(16)11(8-14)12(9)15/h3-4,7-8,15-16H,1-2,5-6H2. The summed E-state index contributed by atoms with van der Waals surface area (Å²) in [4.78, 5) is 10.8. The Bertz CT molecular complexity index is 399. The van der Waals surface area contributed by atoms with E-state index >= 15 is 0 Å². The number of allylic oxidation sites excluding steroid dienone is 2. The number of rotatable bonds is 5. The molecule has 0 heterocycles. The molecule has 0 aromatic heterocycles. The molecule has 0 spiro atoms. The number of aldehydes is 1. The summed E-state index contributed by atoms with van der Waals surface area (Å²) in [7, 11) is 0. The zero-order valence-electron chi connectivity index (χ0n) is 8.94. The Morgan fingerprint density at radius 3 is 1.81 bits per heavy atom. The molecule has 0 aliphatic heterocycles. The van der Waals surface area contributed by atoms with E-state index in [0.717, 1.165) is 0 Å². The number of carbonyl (C=O) groups excluding carboxylic acids is 1. The molecular formula is C13H14O3. The quantitative estimate of drug-likeness (QED) is 0.589. The van der Waals surface area contributed by atoms with E-state index in [4.69, 9.17) is 0 Å². The maximum Gasteiger partial charge on any atom is 0.157 e. The summed E-state index contributed by atoms with van der Waals surface area (Å²) in [6.07, 6.45) is 4.58. The second-order valence-electron chi connectivity index (χ2n) is 3.41. The van der Waals surface area contributed by atoms with Crippen LogP contribution in [0.5, 0.6) is 11.5 Å². The predicted molar refractivity (Wildman–Crippen MR) is 63.0 cm³/mol. The third-order valence-electron chi connectivity index (χ3n) is 2.31. The molecule has 1 aromatic rings. The molecule has 84 valence electrons. The van der Waals surface area contributed by atoms with Gasteiger partial charge in [-0.25, -0.2) is 0 Å². The maximum absolute atomic E-state index is 10.8. The Morgan fingerprint density at radius 1 is 1.06 bits per heavy atom. The summed E-state index contributed by atoms with van der Waals surface area (Å²) in [6.45, 7) is 7.14. The molecule has 0 saturated heterocycles. The van der Waals surface area contributed by atoms with Gasteiger partial charge in [-0.15, -0.1) is 13.2 Å². The van der Waals surface area contributed by atoms with E-state index in [1.807, 2.05) is 0 Å². The Hall–Kier alpha value is -2.03. The second-order valence-corrected chi connectivity index (χ2v) is 3.41. The minimum absolute atomic E-state index is 0.0730. The van der Waals surface area contributed by atoms with Gasteiger partial charge in [-0.1, -0.05) is 12.2 Å². The van der Waals surface area contributed by atoms with Crippen molar-refractivity contribution in [3.8, 4) is 11.5 Å². The lowest BCUT2D eigenvalue weighted by Crippen LogP contribution is -1.95. The summed E-state index contributed by atoms with van der Waals surface area (Å²) in [5.41, 5.74) is 1.08. The average Bonchev–Trinajstić information content (AvgIpc) is 2.26. The van der Waals surface area contributed by atoms with Crippen LogP contribution in [0.1, 0.15) is 21.5 Å². The van der Waals surface area contributed by atoms with Gasteiger partial charge in [0.1, 0.15) is 11.5 Å². The van der Waals surface area contributed by atoms with E-state index in [1.54, 1.807) is 18.2 Å². The van der Waals surface area contributed by atoms with Gasteiger partial charge in [0.05, 0.1) is 5.56 Å². The number of carbonyl (C=O) groups is 1. The van der Waals surface area contributed by atoms with Gasteiger partial charge >= 0.3 is 0 Å². The summed E-state index contributed by atoms with van der Waals surface area (Å²) < 4.78 is 0. The van der Waals surface area contributed by atoms with E-state index < -0.39 is 0 Å². The highest BCUT2D eigenvalue weighted by Gasteiger charge is 2.15. The largest absolute Gasteiger partial charge is 0.507 e. The van der Waals surface area contributed by atoms with Crippen LogP contribution in [0, 0.1) is 0 Å². The molecule has 0 amide bonds. The van der Waals surface area contributed by atoms with Crippen molar-refractivity contribution >= 4 is 6.29 Å². The fraction of sp³-hybridized carbons (Fsp3) is 0.154. The molecule has 0 fully saturated rings. The van der Waals surface area contributed by atoms with E-state index in [-0.39, 0.29) is 17.1 Å². The number of phenols is 2. The van der Waals surface area contributed by atoms with Crippen molar-refractivity contribution in [2.45, 2.75) is 12.8 Å². The first-order valence-corrected chi connectivity index (χ1v) is 4.89. The lowest BCUT2D eigenvalue weighted by molar-refractivity contribution is 0.111. The van der Waals surface area contributed by atoms with Gasteiger partial charge in [-0.3, -0.25) is 4.79 Å². The minimum Gasteiger partial charge on any atom is -0.507 e. The summed E-state index contributed by atoms with van der Waals surface area (Å²) in [5.74, 6) is -0.361. The van der Waals surface area contributed by atoms with Crippen LogP contribution in [0.4, 0.5) is 0 Å². The summed E-state index contributed by atoms with van der Waals surface area (Å²) in [5, 5.41) is 19.5. The molecule has 0 atom stereocenters.